The van der Waals surface area contributed by atoms with Crippen LogP contribution in [-0.4, -0.2) is 17.3 Å². The molecule has 0 radical (unpaired) electrons. The second-order valence-electron chi connectivity index (χ2n) is 4.03. The van der Waals surface area contributed by atoms with Gasteiger partial charge in [0.25, 0.3) is 5.17 Å². The van der Waals surface area contributed by atoms with Crippen LogP contribution < -0.4 is 5.32 Å². The minimum atomic E-state index is 0.248. The monoisotopic (exact) mass is 187 g/mol. The van der Waals surface area contributed by atoms with Gasteiger partial charge in [-0.1, -0.05) is 27.7 Å². The molecule has 70 valence electrons. The molecule has 0 bridgehead atoms. The summed E-state index contributed by atoms with van der Waals surface area (Å²) in [5, 5.41) is 3.76. The van der Waals surface area contributed by atoms with E-state index >= 15 is 0 Å². The highest BCUT2D eigenvalue weighted by atomic mass is 32.1. The Kier molecular flexibility index (Phi) is 2.94. The molecular formula is C9H17NOS. The maximum atomic E-state index is 5.52. The zero-order chi connectivity index (χ0) is 9.30. The third kappa shape index (κ3) is 1.89. The molecule has 2 unspecified atom stereocenters. The van der Waals surface area contributed by atoms with E-state index in [4.69, 9.17) is 17.0 Å². The molecule has 0 amide bonds. The minimum Gasteiger partial charge on any atom is -0.465 e. The number of rotatable bonds is 2. The first-order valence-electron chi connectivity index (χ1n) is 4.49. The second-order valence-corrected chi connectivity index (χ2v) is 4.40. The molecule has 3 heteroatoms. The number of hydrogen-bond acceptors (Lipinski definition) is 2. The molecule has 0 aromatic heterocycles. The average molecular weight is 187 g/mol. The lowest BCUT2D eigenvalue weighted by Crippen LogP contribution is -2.38. The van der Waals surface area contributed by atoms with Crippen molar-refractivity contribution in [2.24, 2.45) is 11.8 Å². The Labute approximate surface area is 79.7 Å². The van der Waals surface area contributed by atoms with Gasteiger partial charge in [-0.15, -0.1) is 0 Å². The minimum absolute atomic E-state index is 0.248. The Morgan fingerprint density at radius 2 is 1.83 bits per heavy atom. The first-order valence-corrected chi connectivity index (χ1v) is 4.90. The Bertz CT molecular complexity index is 161. The maximum absolute atomic E-state index is 5.52. The molecule has 1 heterocycles. The molecule has 0 saturated carbocycles. The predicted molar refractivity (Wildman–Crippen MR) is 54.1 cm³/mol. The fourth-order valence-corrected chi connectivity index (χ4v) is 1.79. The Morgan fingerprint density at radius 1 is 1.25 bits per heavy atom. The molecule has 1 N–H and O–H groups in total. The summed E-state index contributed by atoms with van der Waals surface area (Å²) in [4.78, 5) is 0. The van der Waals surface area contributed by atoms with Crippen molar-refractivity contribution < 1.29 is 4.74 Å². The summed E-state index contributed by atoms with van der Waals surface area (Å²) in [6.07, 6.45) is 0.248. The van der Waals surface area contributed by atoms with Crippen LogP contribution in [0.4, 0.5) is 0 Å². The van der Waals surface area contributed by atoms with E-state index in [-0.39, 0.29) is 6.10 Å². The van der Waals surface area contributed by atoms with Crippen molar-refractivity contribution in [3.8, 4) is 0 Å². The largest absolute Gasteiger partial charge is 0.465 e. The highest BCUT2D eigenvalue weighted by molar-refractivity contribution is 7.80. The molecule has 1 aliphatic heterocycles. The van der Waals surface area contributed by atoms with E-state index in [0.717, 1.165) is 0 Å². The Balaban J connectivity index is 2.65. The average Bonchev–Trinajstić information content (AvgIpc) is 2.31. The van der Waals surface area contributed by atoms with Crippen molar-refractivity contribution in [2.45, 2.75) is 39.8 Å². The highest BCUT2D eigenvalue weighted by Crippen LogP contribution is 2.22. The molecule has 12 heavy (non-hydrogen) atoms. The van der Waals surface area contributed by atoms with Gasteiger partial charge in [0.05, 0.1) is 6.04 Å². The van der Waals surface area contributed by atoms with Crippen LogP contribution in [0, 0.1) is 11.8 Å². The fourth-order valence-electron chi connectivity index (χ4n) is 1.55. The van der Waals surface area contributed by atoms with Crippen LogP contribution in [0.25, 0.3) is 0 Å². The van der Waals surface area contributed by atoms with Gasteiger partial charge in [0.2, 0.25) is 0 Å². The molecule has 1 aliphatic rings. The van der Waals surface area contributed by atoms with Gasteiger partial charge in [-0.3, -0.25) is 0 Å². The van der Waals surface area contributed by atoms with E-state index in [2.05, 4.69) is 33.0 Å². The van der Waals surface area contributed by atoms with Crippen LogP contribution in [0.5, 0.6) is 0 Å². The molecule has 2 atom stereocenters. The van der Waals surface area contributed by atoms with Gasteiger partial charge in [0, 0.05) is 0 Å². The summed E-state index contributed by atoms with van der Waals surface area (Å²) in [6, 6.07) is 0.387. The van der Waals surface area contributed by atoms with Gasteiger partial charge in [-0.2, -0.15) is 0 Å². The highest BCUT2D eigenvalue weighted by Gasteiger charge is 2.35. The van der Waals surface area contributed by atoms with Crippen LogP contribution in [0.1, 0.15) is 27.7 Å². The van der Waals surface area contributed by atoms with E-state index < -0.39 is 0 Å². The normalized spacial score (nSPS) is 29.3. The number of ether oxygens (including phenoxy) is 1. The zero-order valence-electron chi connectivity index (χ0n) is 8.13. The predicted octanol–water partition coefficient (Wildman–Crippen LogP) is 1.94. The summed E-state index contributed by atoms with van der Waals surface area (Å²) in [5.41, 5.74) is 0. The molecule has 0 aromatic rings. The first kappa shape index (κ1) is 9.78. The summed E-state index contributed by atoms with van der Waals surface area (Å²) >= 11 is 4.98. The van der Waals surface area contributed by atoms with E-state index in [1.165, 1.54) is 0 Å². The van der Waals surface area contributed by atoms with E-state index in [9.17, 15) is 0 Å². The summed E-state index contributed by atoms with van der Waals surface area (Å²) in [7, 11) is 0. The van der Waals surface area contributed by atoms with Crippen molar-refractivity contribution in [3.63, 3.8) is 0 Å². The van der Waals surface area contributed by atoms with E-state index in [1.807, 2.05) is 0 Å². The summed E-state index contributed by atoms with van der Waals surface area (Å²) in [6.45, 7) is 8.69. The number of nitrogens with one attached hydrogen (secondary N) is 1. The van der Waals surface area contributed by atoms with Crippen molar-refractivity contribution >= 4 is 17.4 Å². The molecular weight excluding hydrogens is 170 g/mol. The standard InChI is InChI=1S/C9H17NOS/c1-5(2)7-8(6(3)4)11-9(12)10-7/h5-8H,1-4H3,(H,10,12). The van der Waals surface area contributed by atoms with Gasteiger partial charge in [0.15, 0.2) is 0 Å². The van der Waals surface area contributed by atoms with Crippen LogP contribution in [-0.2, 0) is 4.74 Å². The fraction of sp³-hybridized carbons (Fsp3) is 0.889. The van der Waals surface area contributed by atoms with Gasteiger partial charge < -0.3 is 10.1 Å². The molecule has 1 fully saturated rings. The molecule has 1 rings (SSSR count). The van der Waals surface area contributed by atoms with Crippen molar-refractivity contribution in [2.75, 3.05) is 0 Å². The quantitative estimate of drug-likeness (QED) is 0.668. The Morgan fingerprint density at radius 3 is 2.17 bits per heavy atom. The topological polar surface area (TPSA) is 21.3 Å². The van der Waals surface area contributed by atoms with Crippen molar-refractivity contribution in [1.82, 2.24) is 5.32 Å². The van der Waals surface area contributed by atoms with E-state index in [0.29, 0.717) is 23.1 Å². The van der Waals surface area contributed by atoms with Crippen LogP contribution in [0.15, 0.2) is 0 Å². The first-order chi connectivity index (χ1) is 5.52. The summed E-state index contributed by atoms with van der Waals surface area (Å²) < 4.78 is 5.52. The molecule has 2 nitrogen and oxygen atoms in total. The molecule has 0 aliphatic carbocycles. The smallest absolute Gasteiger partial charge is 0.257 e. The molecule has 0 aromatic carbocycles. The zero-order valence-corrected chi connectivity index (χ0v) is 8.94. The van der Waals surface area contributed by atoms with Crippen LogP contribution in [0.2, 0.25) is 0 Å². The van der Waals surface area contributed by atoms with Crippen LogP contribution in [0.3, 0.4) is 0 Å². The number of thiocarbonyl (C=S) groups is 1. The second kappa shape index (κ2) is 3.60. The van der Waals surface area contributed by atoms with Gasteiger partial charge >= 0.3 is 0 Å². The maximum Gasteiger partial charge on any atom is 0.257 e. The van der Waals surface area contributed by atoms with Crippen LogP contribution >= 0.6 is 12.2 Å². The molecule has 1 saturated heterocycles. The Hall–Kier alpha value is -0.310. The lowest BCUT2D eigenvalue weighted by Gasteiger charge is -2.23. The van der Waals surface area contributed by atoms with Gasteiger partial charge in [-0.05, 0) is 24.1 Å². The van der Waals surface area contributed by atoms with Gasteiger partial charge in [0.1, 0.15) is 6.10 Å². The third-order valence-corrected chi connectivity index (χ3v) is 2.47. The SMILES string of the molecule is CC(C)C1NC(=S)OC1C(C)C. The molecule has 0 spiro atoms. The van der Waals surface area contributed by atoms with Crippen molar-refractivity contribution in [1.29, 1.82) is 0 Å². The number of hydrogen-bond donors (Lipinski definition) is 1. The third-order valence-electron chi connectivity index (χ3n) is 2.26. The van der Waals surface area contributed by atoms with Gasteiger partial charge in [-0.25, -0.2) is 0 Å². The van der Waals surface area contributed by atoms with Crippen molar-refractivity contribution in [3.05, 3.63) is 0 Å². The summed E-state index contributed by atoms with van der Waals surface area (Å²) in [5.74, 6) is 1.09. The van der Waals surface area contributed by atoms with E-state index in [1.54, 1.807) is 0 Å². The lowest BCUT2D eigenvalue weighted by atomic mass is 9.92. The lowest BCUT2D eigenvalue weighted by molar-refractivity contribution is 0.133.